The lowest BCUT2D eigenvalue weighted by Gasteiger charge is -2.21. The molecule has 0 aliphatic heterocycles. The van der Waals surface area contributed by atoms with Crippen LogP contribution in [0.15, 0.2) is 23.4 Å². The van der Waals surface area contributed by atoms with Crippen LogP contribution in [0.4, 0.5) is 13.2 Å². The van der Waals surface area contributed by atoms with Crippen LogP contribution in [0.5, 0.6) is 0 Å². The maximum atomic E-state index is 12.4. The molecule has 1 aliphatic rings. The van der Waals surface area contributed by atoms with E-state index in [1.54, 1.807) is 0 Å². The average Bonchev–Trinajstić information content (AvgIpc) is 2.47. The van der Waals surface area contributed by atoms with E-state index in [-0.39, 0.29) is 0 Å². The van der Waals surface area contributed by atoms with Crippen LogP contribution in [0.25, 0.3) is 0 Å². The van der Waals surface area contributed by atoms with Gasteiger partial charge in [0.05, 0.1) is 10.6 Å². The predicted molar refractivity (Wildman–Crippen MR) is 79.4 cm³/mol. The predicted octanol–water partition coefficient (Wildman–Crippen LogP) is 4.36. The monoisotopic (exact) mass is 318 g/mol. The van der Waals surface area contributed by atoms with Crippen molar-refractivity contribution in [3.63, 3.8) is 0 Å². The topological polar surface area (TPSA) is 24.9 Å². The summed E-state index contributed by atoms with van der Waals surface area (Å²) >= 11 is 1.49. The van der Waals surface area contributed by atoms with Crippen LogP contribution in [0, 0.1) is 5.92 Å². The zero-order chi connectivity index (χ0) is 15.1. The van der Waals surface area contributed by atoms with Crippen molar-refractivity contribution >= 4 is 11.8 Å². The molecule has 0 amide bonds. The van der Waals surface area contributed by atoms with Gasteiger partial charge in [0.2, 0.25) is 0 Å². The van der Waals surface area contributed by atoms with E-state index >= 15 is 0 Å². The third-order valence-electron chi connectivity index (χ3n) is 3.75. The summed E-state index contributed by atoms with van der Waals surface area (Å²) in [6.45, 7) is 1.92. The van der Waals surface area contributed by atoms with Gasteiger partial charge in [-0.3, -0.25) is 0 Å². The number of nitrogens with zero attached hydrogens (tertiary/aromatic N) is 1. The Bertz CT molecular complexity index is 414. The minimum atomic E-state index is -4.31. The Hall–Kier alpha value is -0.750. The van der Waals surface area contributed by atoms with Crippen molar-refractivity contribution in [2.24, 2.45) is 5.92 Å². The molecular weight excluding hydrogens is 297 g/mol. The van der Waals surface area contributed by atoms with Crippen molar-refractivity contribution in [1.29, 1.82) is 0 Å². The number of halogens is 3. The summed E-state index contributed by atoms with van der Waals surface area (Å²) in [5, 5.41) is 4.07. The summed E-state index contributed by atoms with van der Waals surface area (Å²) in [5.41, 5.74) is -0.692. The molecule has 1 aromatic heterocycles. The molecule has 0 radical (unpaired) electrons. The highest BCUT2D eigenvalue weighted by molar-refractivity contribution is 7.99. The van der Waals surface area contributed by atoms with Crippen LogP contribution in [-0.2, 0) is 6.18 Å². The molecule has 1 heterocycles. The molecule has 1 fully saturated rings. The van der Waals surface area contributed by atoms with Crippen molar-refractivity contribution in [2.75, 3.05) is 18.8 Å². The van der Waals surface area contributed by atoms with Crippen molar-refractivity contribution in [2.45, 2.75) is 43.3 Å². The maximum Gasteiger partial charge on any atom is 0.417 e. The minimum absolute atomic E-state index is 0.641. The molecule has 0 saturated heterocycles. The number of rotatable bonds is 6. The van der Waals surface area contributed by atoms with Crippen LogP contribution in [-0.4, -0.2) is 23.8 Å². The molecule has 0 spiro atoms. The second-order valence-electron chi connectivity index (χ2n) is 5.44. The molecule has 1 aromatic rings. The Labute approximate surface area is 127 Å². The van der Waals surface area contributed by atoms with Crippen LogP contribution in [0.1, 0.15) is 37.7 Å². The fourth-order valence-corrected chi connectivity index (χ4v) is 3.31. The molecule has 1 N–H and O–H groups in total. The van der Waals surface area contributed by atoms with Crippen LogP contribution >= 0.6 is 11.8 Å². The van der Waals surface area contributed by atoms with Gasteiger partial charge in [0.25, 0.3) is 0 Å². The maximum absolute atomic E-state index is 12.4. The molecule has 21 heavy (non-hydrogen) atoms. The number of hydrogen-bond acceptors (Lipinski definition) is 3. The van der Waals surface area contributed by atoms with Crippen molar-refractivity contribution < 1.29 is 13.2 Å². The number of nitrogens with one attached hydrogen (secondary N) is 1. The van der Waals surface area contributed by atoms with Crippen LogP contribution < -0.4 is 5.32 Å². The fraction of sp³-hybridized carbons (Fsp3) is 0.667. The van der Waals surface area contributed by atoms with E-state index in [1.165, 1.54) is 49.9 Å². The Morgan fingerprint density at radius 3 is 2.57 bits per heavy atom. The average molecular weight is 318 g/mol. The Morgan fingerprint density at radius 1 is 1.19 bits per heavy atom. The van der Waals surface area contributed by atoms with Gasteiger partial charge in [0.1, 0.15) is 0 Å². The van der Waals surface area contributed by atoms with Gasteiger partial charge in [-0.15, -0.1) is 11.8 Å². The SMILES string of the molecule is FC(F)(F)c1ccc(SCCNCC2CCCCC2)nc1. The Kier molecular flexibility index (Phi) is 6.36. The zero-order valence-corrected chi connectivity index (χ0v) is 12.8. The molecule has 118 valence electrons. The normalized spacial score (nSPS) is 17.1. The van der Waals surface area contributed by atoms with E-state index in [0.29, 0.717) is 5.03 Å². The zero-order valence-electron chi connectivity index (χ0n) is 12.0. The lowest BCUT2D eigenvalue weighted by Crippen LogP contribution is -2.26. The number of hydrogen-bond donors (Lipinski definition) is 1. The smallest absolute Gasteiger partial charge is 0.316 e. The third kappa shape index (κ3) is 5.87. The van der Waals surface area contributed by atoms with Gasteiger partial charge in [-0.25, -0.2) is 4.98 Å². The van der Waals surface area contributed by atoms with Gasteiger partial charge in [-0.1, -0.05) is 19.3 Å². The van der Waals surface area contributed by atoms with E-state index in [0.717, 1.165) is 37.0 Å². The first kappa shape index (κ1) is 16.6. The first-order chi connectivity index (χ1) is 10.1. The summed E-state index contributed by atoms with van der Waals surface area (Å²) < 4.78 is 37.2. The van der Waals surface area contributed by atoms with Gasteiger partial charge in [0, 0.05) is 18.5 Å². The second-order valence-corrected chi connectivity index (χ2v) is 6.55. The fourth-order valence-electron chi connectivity index (χ4n) is 2.56. The number of pyridine rings is 1. The van der Waals surface area contributed by atoms with Gasteiger partial charge in [0.15, 0.2) is 0 Å². The summed E-state index contributed by atoms with van der Waals surface area (Å²) in [6.07, 6.45) is 3.29. The highest BCUT2D eigenvalue weighted by Crippen LogP contribution is 2.29. The van der Waals surface area contributed by atoms with Gasteiger partial charge in [-0.05, 0) is 37.4 Å². The molecule has 0 bridgehead atoms. The summed E-state index contributed by atoms with van der Waals surface area (Å²) in [7, 11) is 0. The van der Waals surface area contributed by atoms with Crippen LogP contribution in [0.2, 0.25) is 0 Å². The number of alkyl halides is 3. The molecule has 0 unspecified atom stereocenters. The summed E-state index contributed by atoms with van der Waals surface area (Å²) in [6, 6.07) is 2.53. The van der Waals surface area contributed by atoms with E-state index in [4.69, 9.17) is 0 Å². The quantitative estimate of drug-likeness (QED) is 0.623. The third-order valence-corrected chi connectivity index (χ3v) is 4.70. The highest BCUT2D eigenvalue weighted by Gasteiger charge is 2.30. The Morgan fingerprint density at radius 2 is 1.95 bits per heavy atom. The standard InChI is InChI=1S/C15H21F3N2S/c16-15(17,18)13-6-7-14(20-11-13)21-9-8-19-10-12-4-2-1-3-5-12/h6-7,11-12,19H,1-5,8-10H2. The molecule has 6 heteroatoms. The molecule has 1 aliphatic carbocycles. The molecular formula is C15H21F3N2S. The van der Waals surface area contributed by atoms with Crippen molar-refractivity contribution in [1.82, 2.24) is 10.3 Å². The molecule has 0 aromatic carbocycles. The second kappa shape index (κ2) is 8.03. The van der Waals surface area contributed by atoms with Gasteiger partial charge < -0.3 is 5.32 Å². The highest BCUT2D eigenvalue weighted by atomic mass is 32.2. The van der Waals surface area contributed by atoms with E-state index in [1.807, 2.05) is 0 Å². The summed E-state index contributed by atoms with van der Waals surface area (Å²) in [5.74, 6) is 1.62. The van der Waals surface area contributed by atoms with E-state index < -0.39 is 11.7 Å². The number of thioether (sulfide) groups is 1. The molecule has 1 saturated carbocycles. The summed E-state index contributed by atoms with van der Waals surface area (Å²) in [4.78, 5) is 3.85. The lowest BCUT2D eigenvalue weighted by atomic mass is 9.89. The minimum Gasteiger partial charge on any atom is -0.316 e. The van der Waals surface area contributed by atoms with E-state index in [2.05, 4.69) is 10.3 Å². The van der Waals surface area contributed by atoms with Crippen molar-refractivity contribution in [3.8, 4) is 0 Å². The van der Waals surface area contributed by atoms with Gasteiger partial charge in [-0.2, -0.15) is 13.2 Å². The van der Waals surface area contributed by atoms with Crippen molar-refractivity contribution in [3.05, 3.63) is 23.9 Å². The first-order valence-electron chi connectivity index (χ1n) is 7.42. The number of aromatic nitrogens is 1. The van der Waals surface area contributed by atoms with E-state index in [9.17, 15) is 13.2 Å². The molecule has 2 rings (SSSR count). The van der Waals surface area contributed by atoms with Gasteiger partial charge >= 0.3 is 6.18 Å². The molecule has 2 nitrogen and oxygen atoms in total. The molecule has 0 atom stereocenters. The largest absolute Gasteiger partial charge is 0.417 e. The first-order valence-corrected chi connectivity index (χ1v) is 8.41. The Balaban J connectivity index is 1.62. The van der Waals surface area contributed by atoms with Crippen LogP contribution in [0.3, 0.4) is 0 Å². The lowest BCUT2D eigenvalue weighted by molar-refractivity contribution is -0.137.